The molecule has 3 aromatic rings. The van der Waals surface area contributed by atoms with Crippen LogP contribution in [0.4, 0.5) is 14.6 Å². The number of imidazole rings is 1. The molecule has 0 spiro atoms. The number of halogens is 2. The maximum atomic E-state index is 13.9. The van der Waals surface area contributed by atoms with Crippen LogP contribution >= 0.6 is 0 Å². The predicted molar refractivity (Wildman–Crippen MR) is 90.1 cm³/mol. The number of nitrogens with zero attached hydrogens (tertiary/aromatic N) is 2. The van der Waals surface area contributed by atoms with Crippen molar-refractivity contribution in [3.05, 3.63) is 54.1 Å². The van der Waals surface area contributed by atoms with Crippen LogP contribution in [0.2, 0.25) is 0 Å². The van der Waals surface area contributed by atoms with Crippen molar-refractivity contribution < 1.29 is 13.6 Å². The summed E-state index contributed by atoms with van der Waals surface area (Å²) in [4.78, 5) is 16.1. The second-order valence-corrected chi connectivity index (χ2v) is 6.13. The number of anilines is 1. The van der Waals surface area contributed by atoms with Crippen LogP contribution in [0.25, 0.3) is 16.8 Å². The Bertz CT molecular complexity index is 969. The molecule has 4 rings (SSSR count). The van der Waals surface area contributed by atoms with Gasteiger partial charge in [-0.1, -0.05) is 12.1 Å². The molecule has 1 amide bonds. The minimum atomic E-state index is -1.05. The van der Waals surface area contributed by atoms with E-state index in [1.807, 2.05) is 6.07 Å². The molecule has 5 nitrogen and oxygen atoms in total. The van der Waals surface area contributed by atoms with Gasteiger partial charge in [0.1, 0.15) is 17.6 Å². The van der Waals surface area contributed by atoms with Gasteiger partial charge in [-0.25, -0.2) is 13.8 Å². The zero-order valence-electron chi connectivity index (χ0n) is 13.2. The zero-order valence-corrected chi connectivity index (χ0v) is 13.2. The number of alkyl halides is 1. The third-order valence-electron chi connectivity index (χ3n) is 4.39. The molecule has 0 bridgehead atoms. The molecule has 1 aromatic carbocycles. The summed E-state index contributed by atoms with van der Waals surface area (Å²) in [5.74, 6) is -0.908. The lowest BCUT2D eigenvalue weighted by molar-refractivity contribution is -0.117. The molecule has 1 fully saturated rings. The maximum Gasteiger partial charge on any atom is 0.231 e. The number of nitrogens with one attached hydrogen (secondary N) is 1. The zero-order chi connectivity index (χ0) is 17.6. The average Bonchev–Trinajstić information content (AvgIpc) is 3.19. The highest BCUT2D eigenvalue weighted by molar-refractivity contribution is 5.94. The molecule has 25 heavy (non-hydrogen) atoms. The van der Waals surface area contributed by atoms with E-state index in [0.29, 0.717) is 22.6 Å². The number of nitrogens with two attached hydrogens (primary N) is 1. The van der Waals surface area contributed by atoms with Gasteiger partial charge in [0.15, 0.2) is 5.82 Å². The van der Waals surface area contributed by atoms with Gasteiger partial charge in [0.2, 0.25) is 5.91 Å². The molecular weight excluding hydrogens is 326 g/mol. The van der Waals surface area contributed by atoms with Crippen LogP contribution in [0, 0.1) is 11.7 Å². The Morgan fingerprint density at radius 3 is 2.84 bits per heavy atom. The summed E-state index contributed by atoms with van der Waals surface area (Å²) in [5.41, 5.74) is 8.23. The number of benzene rings is 1. The highest BCUT2D eigenvalue weighted by Crippen LogP contribution is 2.34. The SMILES string of the molecule is NCc1c(F)cccc1-c1ccc2nc(NC(=O)[C@@H]3C[C@@H]3F)cn2c1. The van der Waals surface area contributed by atoms with E-state index in [9.17, 15) is 13.6 Å². The number of hydrogen-bond donors (Lipinski definition) is 2. The Morgan fingerprint density at radius 2 is 2.12 bits per heavy atom. The highest BCUT2D eigenvalue weighted by atomic mass is 19.1. The summed E-state index contributed by atoms with van der Waals surface area (Å²) < 4.78 is 28.6. The van der Waals surface area contributed by atoms with E-state index in [0.717, 1.165) is 5.56 Å². The first-order chi connectivity index (χ1) is 12.1. The summed E-state index contributed by atoms with van der Waals surface area (Å²) >= 11 is 0. The number of rotatable bonds is 4. The molecular formula is C18H16F2N4O. The normalized spacial score (nSPS) is 19.2. The standard InChI is InChI=1S/C18H16F2N4O/c19-14-3-1-2-11(13(14)7-21)10-4-5-17-22-16(9-24(17)8-10)23-18(25)12-6-15(12)20/h1-5,8-9,12,15H,6-7,21H2,(H,23,25)/t12-,15+/m1/s1. The van der Waals surface area contributed by atoms with Gasteiger partial charge < -0.3 is 15.5 Å². The lowest BCUT2D eigenvalue weighted by atomic mass is 10.0. The molecule has 0 unspecified atom stereocenters. The first kappa shape index (κ1) is 15.7. The van der Waals surface area contributed by atoms with E-state index in [1.165, 1.54) is 6.07 Å². The van der Waals surface area contributed by atoms with Crippen molar-refractivity contribution in [2.45, 2.75) is 19.1 Å². The van der Waals surface area contributed by atoms with Crippen LogP contribution in [0.15, 0.2) is 42.7 Å². The van der Waals surface area contributed by atoms with E-state index >= 15 is 0 Å². The summed E-state index contributed by atoms with van der Waals surface area (Å²) in [6.07, 6.45) is 2.66. The minimum absolute atomic E-state index is 0.0943. The third kappa shape index (κ3) is 2.87. The molecule has 0 saturated heterocycles. The van der Waals surface area contributed by atoms with Gasteiger partial charge in [-0.05, 0) is 35.7 Å². The van der Waals surface area contributed by atoms with Gasteiger partial charge in [0, 0.05) is 18.3 Å². The fourth-order valence-electron chi connectivity index (χ4n) is 2.90. The molecule has 3 N–H and O–H groups in total. The van der Waals surface area contributed by atoms with Crippen molar-refractivity contribution in [3.63, 3.8) is 0 Å². The van der Waals surface area contributed by atoms with Crippen LogP contribution in [-0.4, -0.2) is 21.5 Å². The van der Waals surface area contributed by atoms with Crippen LogP contribution in [0.5, 0.6) is 0 Å². The highest BCUT2D eigenvalue weighted by Gasteiger charge is 2.43. The van der Waals surface area contributed by atoms with Crippen molar-refractivity contribution in [2.75, 3.05) is 5.32 Å². The van der Waals surface area contributed by atoms with Crippen LogP contribution in [-0.2, 0) is 11.3 Å². The Balaban J connectivity index is 1.67. The molecule has 0 aliphatic heterocycles. The number of pyridine rings is 1. The van der Waals surface area contributed by atoms with Crippen molar-refractivity contribution in [3.8, 4) is 11.1 Å². The summed E-state index contributed by atoms with van der Waals surface area (Å²) in [7, 11) is 0. The van der Waals surface area contributed by atoms with Gasteiger partial charge in [-0.3, -0.25) is 4.79 Å². The smallest absolute Gasteiger partial charge is 0.231 e. The fourth-order valence-corrected chi connectivity index (χ4v) is 2.90. The van der Waals surface area contributed by atoms with E-state index in [2.05, 4.69) is 10.3 Å². The molecule has 128 valence electrons. The van der Waals surface area contributed by atoms with Gasteiger partial charge in [-0.2, -0.15) is 0 Å². The van der Waals surface area contributed by atoms with Gasteiger partial charge in [0.05, 0.1) is 12.1 Å². The molecule has 1 aliphatic carbocycles. The molecule has 2 aromatic heterocycles. The number of carbonyl (C=O) groups excluding carboxylic acids is 1. The lowest BCUT2D eigenvalue weighted by Crippen LogP contribution is -2.15. The monoisotopic (exact) mass is 342 g/mol. The van der Waals surface area contributed by atoms with Crippen molar-refractivity contribution >= 4 is 17.4 Å². The summed E-state index contributed by atoms with van der Waals surface area (Å²) in [6, 6.07) is 8.41. The molecule has 7 heteroatoms. The third-order valence-corrected chi connectivity index (χ3v) is 4.39. The molecule has 0 radical (unpaired) electrons. The molecule has 2 heterocycles. The van der Waals surface area contributed by atoms with Crippen molar-refractivity contribution in [1.82, 2.24) is 9.38 Å². The maximum absolute atomic E-state index is 13.9. The second kappa shape index (κ2) is 5.93. The van der Waals surface area contributed by atoms with Gasteiger partial charge in [0.25, 0.3) is 0 Å². The largest absolute Gasteiger partial charge is 0.326 e. The van der Waals surface area contributed by atoms with Crippen LogP contribution in [0.1, 0.15) is 12.0 Å². The Kier molecular flexibility index (Phi) is 3.73. The number of amides is 1. The number of aromatic nitrogens is 2. The summed E-state index contributed by atoms with van der Waals surface area (Å²) in [5, 5.41) is 2.62. The Hall–Kier alpha value is -2.80. The first-order valence-electron chi connectivity index (χ1n) is 7.98. The predicted octanol–water partition coefficient (Wildman–Crippen LogP) is 2.90. The fraction of sp³-hybridized carbons (Fsp3) is 0.222. The molecule has 1 saturated carbocycles. The Morgan fingerprint density at radius 1 is 1.32 bits per heavy atom. The van der Waals surface area contributed by atoms with Gasteiger partial charge in [-0.15, -0.1) is 0 Å². The molecule has 2 atom stereocenters. The number of carbonyl (C=O) groups is 1. The summed E-state index contributed by atoms with van der Waals surface area (Å²) in [6.45, 7) is 0.0943. The van der Waals surface area contributed by atoms with E-state index < -0.39 is 12.1 Å². The number of fused-ring (bicyclic) bond motifs is 1. The van der Waals surface area contributed by atoms with Gasteiger partial charge >= 0.3 is 0 Å². The van der Waals surface area contributed by atoms with Crippen molar-refractivity contribution in [2.24, 2.45) is 11.7 Å². The van der Waals surface area contributed by atoms with Crippen LogP contribution < -0.4 is 11.1 Å². The quantitative estimate of drug-likeness (QED) is 0.766. The van der Waals surface area contributed by atoms with Crippen LogP contribution in [0.3, 0.4) is 0 Å². The second-order valence-electron chi connectivity index (χ2n) is 6.13. The van der Waals surface area contributed by atoms with Crippen molar-refractivity contribution in [1.29, 1.82) is 0 Å². The molecule has 1 aliphatic rings. The lowest BCUT2D eigenvalue weighted by Gasteiger charge is -2.09. The number of hydrogen-bond acceptors (Lipinski definition) is 3. The Labute approximate surface area is 142 Å². The topological polar surface area (TPSA) is 72.4 Å². The van der Waals surface area contributed by atoms with E-state index in [1.54, 1.807) is 35.0 Å². The minimum Gasteiger partial charge on any atom is -0.326 e. The average molecular weight is 342 g/mol. The first-order valence-corrected chi connectivity index (χ1v) is 7.98. The van der Waals surface area contributed by atoms with E-state index in [4.69, 9.17) is 5.73 Å². The van der Waals surface area contributed by atoms with E-state index in [-0.39, 0.29) is 24.7 Å².